The lowest BCUT2D eigenvalue weighted by molar-refractivity contribution is 0.0592. The van der Waals surface area contributed by atoms with Gasteiger partial charge in [0, 0.05) is 26.4 Å². The molecule has 0 aliphatic rings. The molecule has 0 saturated heterocycles. The normalized spacial score (nSPS) is 10.8. The van der Waals surface area contributed by atoms with Crippen molar-refractivity contribution in [1.82, 2.24) is 0 Å². The molecule has 0 amide bonds. The first kappa shape index (κ1) is 47.2. The van der Waals surface area contributed by atoms with E-state index in [-0.39, 0.29) is 31.1 Å². The van der Waals surface area contributed by atoms with Crippen molar-refractivity contribution < 1.29 is 48.3 Å². The predicted molar refractivity (Wildman–Crippen MR) is 214 cm³/mol. The predicted octanol–water partition coefficient (Wildman–Crippen LogP) is 8.23. The van der Waals surface area contributed by atoms with E-state index in [1.54, 1.807) is 36.4 Å². The van der Waals surface area contributed by atoms with Gasteiger partial charge in [-0.25, -0.2) is 14.4 Å². The van der Waals surface area contributed by atoms with E-state index in [2.05, 4.69) is 33.3 Å². The largest absolute Gasteiger partial charge is 0.465 e. The van der Waals surface area contributed by atoms with Crippen LogP contribution in [0, 0.1) is 0 Å². The van der Waals surface area contributed by atoms with Crippen LogP contribution in [0.25, 0.3) is 18.2 Å². The van der Waals surface area contributed by atoms with E-state index in [1.807, 2.05) is 60.7 Å². The molecule has 0 saturated carbocycles. The number of benzene rings is 3. The highest BCUT2D eigenvalue weighted by Crippen LogP contribution is 2.10. The molecule has 3 aromatic rings. The average Bonchev–Trinajstić information content (AvgIpc) is 3.22. The Bertz CT molecular complexity index is 1320. The molecule has 0 heterocycles. The Kier molecular flexibility index (Phi) is 27.6. The fraction of sp³-hybridized carbons (Fsp3) is 0.386. The summed E-state index contributed by atoms with van der Waals surface area (Å²) in [7, 11) is 4.12. The van der Waals surface area contributed by atoms with E-state index >= 15 is 0 Å². The number of carbonyl (C=O) groups is 3. The second-order valence-corrected chi connectivity index (χ2v) is 11.7. The molecular formula is C44H58O10. The topological polar surface area (TPSA) is 138 Å². The van der Waals surface area contributed by atoms with Crippen molar-refractivity contribution in [1.29, 1.82) is 0 Å². The molecule has 0 aromatic heterocycles. The second-order valence-electron chi connectivity index (χ2n) is 11.7. The quantitative estimate of drug-likeness (QED) is 0.0623. The molecule has 0 spiro atoms. The van der Waals surface area contributed by atoms with E-state index < -0.39 is 0 Å². The van der Waals surface area contributed by atoms with Crippen LogP contribution in [0.3, 0.4) is 0 Å². The monoisotopic (exact) mass is 746 g/mol. The molecule has 0 bridgehead atoms. The minimum absolute atomic E-state index is 0.151. The lowest BCUT2D eigenvalue weighted by atomic mass is 10.1. The van der Waals surface area contributed by atoms with Gasteiger partial charge >= 0.3 is 17.9 Å². The number of hydrogen-bond acceptors (Lipinski definition) is 10. The van der Waals surface area contributed by atoms with Crippen molar-refractivity contribution in [2.45, 2.75) is 51.9 Å². The van der Waals surface area contributed by atoms with Gasteiger partial charge in [-0.1, -0.05) is 86.2 Å². The maximum absolute atomic E-state index is 11.2. The smallest absolute Gasteiger partial charge is 0.337 e. The van der Waals surface area contributed by atoms with Crippen LogP contribution in [0.5, 0.6) is 0 Å². The summed E-state index contributed by atoms with van der Waals surface area (Å²) in [6, 6.07) is 21.8. The van der Waals surface area contributed by atoms with Gasteiger partial charge < -0.3 is 33.9 Å². The van der Waals surface area contributed by atoms with Gasteiger partial charge in [0.1, 0.15) is 0 Å². The molecular weight excluding hydrogens is 688 g/mol. The Hall–Kier alpha value is -4.87. The molecule has 0 atom stereocenters. The lowest BCUT2D eigenvalue weighted by Crippen LogP contribution is -2.00. The molecule has 2 N–H and O–H groups in total. The number of aliphatic hydroxyl groups excluding tert-OH is 2. The maximum atomic E-state index is 11.2. The Balaban J connectivity index is 0.000000405. The summed E-state index contributed by atoms with van der Waals surface area (Å²) in [5, 5.41) is 17.2. The van der Waals surface area contributed by atoms with Crippen molar-refractivity contribution in [3.05, 3.63) is 124 Å². The molecule has 0 aliphatic carbocycles. The highest BCUT2D eigenvalue weighted by atomic mass is 16.5. The molecule has 54 heavy (non-hydrogen) atoms. The minimum atomic E-state index is -0.335. The van der Waals surface area contributed by atoms with Crippen molar-refractivity contribution in [3.63, 3.8) is 0 Å². The first-order chi connectivity index (χ1) is 26.3. The number of esters is 3. The Morgan fingerprint density at radius 3 is 1.33 bits per heavy atom. The summed E-state index contributed by atoms with van der Waals surface area (Å²) in [6.45, 7) is 5.17. The number of allylic oxidation sites excluding steroid dienone is 1. The number of methoxy groups -OCH3 is 3. The van der Waals surface area contributed by atoms with E-state index in [0.29, 0.717) is 36.3 Å². The average molecular weight is 747 g/mol. The molecule has 0 unspecified atom stereocenters. The summed E-state index contributed by atoms with van der Waals surface area (Å²) >= 11 is 0. The lowest BCUT2D eigenvalue weighted by Gasteiger charge is -2.00. The van der Waals surface area contributed by atoms with Crippen LogP contribution in [0.4, 0.5) is 0 Å². The third kappa shape index (κ3) is 22.3. The van der Waals surface area contributed by atoms with Crippen molar-refractivity contribution in [2.75, 3.05) is 61.0 Å². The summed E-state index contributed by atoms with van der Waals surface area (Å²) in [4.78, 5) is 33.7. The molecule has 0 radical (unpaired) electrons. The van der Waals surface area contributed by atoms with Gasteiger partial charge in [-0.3, -0.25) is 0 Å². The van der Waals surface area contributed by atoms with Crippen LogP contribution in [0.2, 0.25) is 0 Å². The van der Waals surface area contributed by atoms with Gasteiger partial charge in [0.05, 0.1) is 51.2 Å². The number of hydrogen-bond donors (Lipinski definition) is 2. The minimum Gasteiger partial charge on any atom is -0.465 e. The fourth-order valence-electron chi connectivity index (χ4n) is 4.43. The fourth-order valence-corrected chi connectivity index (χ4v) is 4.43. The van der Waals surface area contributed by atoms with Crippen LogP contribution in [0.1, 0.15) is 99.6 Å². The summed E-state index contributed by atoms with van der Waals surface area (Å²) in [6.07, 6.45) is 18.7. The van der Waals surface area contributed by atoms with Gasteiger partial charge in [-0.2, -0.15) is 0 Å². The molecule has 10 nitrogen and oxygen atoms in total. The van der Waals surface area contributed by atoms with E-state index in [0.717, 1.165) is 68.4 Å². The van der Waals surface area contributed by atoms with E-state index in [9.17, 15) is 14.4 Å². The highest BCUT2D eigenvalue weighted by molar-refractivity contribution is 5.90. The number of ether oxygens (including phenoxy) is 5. The van der Waals surface area contributed by atoms with Crippen LogP contribution < -0.4 is 0 Å². The van der Waals surface area contributed by atoms with E-state index in [1.165, 1.54) is 21.3 Å². The van der Waals surface area contributed by atoms with Gasteiger partial charge in [0.15, 0.2) is 0 Å². The highest BCUT2D eigenvalue weighted by Gasteiger charge is 2.05. The molecule has 0 fully saturated rings. The van der Waals surface area contributed by atoms with Gasteiger partial charge in [-0.15, -0.1) is 0 Å². The third-order valence-electron chi connectivity index (χ3n) is 7.39. The standard InChI is InChI=1S/2C15H20O3.C14H18O4/c1-18-15(17)14-10-8-13(9-11-14)7-5-3-2-4-6-12-16;1-3-11-18-12-5-4-6-13-7-9-14(10-8-13)15(16)17-2;1-17-14(16)13-7-5-12(6-8-13)4-2-10-18-11-3-9-15/h5,7-11,16H,2-4,6,12H2,1H3;4,6-10H,3,5,11-12H2,1-2H3;2,4-8,15H,3,9-11H2,1H3/b7-5+;6-4+;4-2+. The molecule has 3 aromatic carbocycles. The number of carbonyl (C=O) groups excluding carboxylic acids is 3. The van der Waals surface area contributed by atoms with Gasteiger partial charge in [-0.05, 0) is 91.6 Å². The Morgan fingerprint density at radius 2 is 0.926 bits per heavy atom. The van der Waals surface area contributed by atoms with Gasteiger partial charge in [0.25, 0.3) is 0 Å². The SMILES string of the molecule is CCCOCC/C=C/c1ccc(C(=O)OC)cc1.COC(=O)c1ccc(/C=C/CCCCCO)cc1.COC(=O)c1ccc(/C=C/COCCCO)cc1. The molecule has 3 rings (SSSR count). The maximum Gasteiger partial charge on any atom is 0.337 e. The summed E-state index contributed by atoms with van der Waals surface area (Å²) in [5.41, 5.74) is 4.81. The Labute approximate surface area is 321 Å². The molecule has 10 heteroatoms. The zero-order chi connectivity index (χ0) is 39.7. The first-order valence-electron chi connectivity index (χ1n) is 18.2. The van der Waals surface area contributed by atoms with Crippen LogP contribution in [-0.2, 0) is 23.7 Å². The summed E-state index contributed by atoms with van der Waals surface area (Å²) in [5.74, 6) is -0.953. The molecule has 0 aliphatic heterocycles. The van der Waals surface area contributed by atoms with Crippen LogP contribution in [0.15, 0.2) is 91.0 Å². The number of rotatable bonds is 21. The Morgan fingerprint density at radius 1 is 0.500 bits per heavy atom. The van der Waals surface area contributed by atoms with E-state index in [4.69, 9.17) is 19.7 Å². The first-order valence-corrected chi connectivity index (χ1v) is 18.2. The third-order valence-corrected chi connectivity index (χ3v) is 7.39. The van der Waals surface area contributed by atoms with Crippen molar-refractivity contribution >= 4 is 36.1 Å². The molecule has 294 valence electrons. The number of aliphatic hydroxyl groups is 2. The van der Waals surface area contributed by atoms with Crippen molar-refractivity contribution in [2.24, 2.45) is 0 Å². The van der Waals surface area contributed by atoms with Crippen LogP contribution in [-0.4, -0.2) is 89.1 Å². The van der Waals surface area contributed by atoms with Gasteiger partial charge in [0.2, 0.25) is 0 Å². The zero-order valence-corrected chi connectivity index (χ0v) is 32.2. The number of unbranched alkanes of at least 4 members (excludes halogenated alkanes) is 3. The summed E-state index contributed by atoms with van der Waals surface area (Å²) < 4.78 is 24.5. The second kappa shape index (κ2) is 31.6. The van der Waals surface area contributed by atoms with Crippen LogP contribution >= 0.6 is 0 Å². The zero-order valence-electron chi connectivity index (χ0n) is 32.2. The van der Waals surface area contributed by atoms with Crippen molar-refractivity contribution in [3.8, 4) is 0 Å².